The van der Waals surface area contributed by atoms with E-state index in [-0.39, 0.29) is 12.1 Å². The molecule has 0 aromatic rings. The molecule has 12 heavy (non-hydrogen) atoms. The number of esters is 1. The lowest BCUT2D eigenvalue weighted by atomic mass is 10.3. The van der Waals surface area contributed by atoms with Gasteiger partial charge in [-0.25, -0.2) is 0 Å². The van der Waals surface area contributed by atoms with Crippen LogP contribution in [0, 0.1) is 5.41 Å². The third-order valence-electron chi connectivity index (χ3n) is 1.21. The molecule has 0 rings (SSSR count). The molecule has 0 saturated carbocycles. The predicted molar refractivity (Wildman–Crippen MR) is 45.0 cm³/mol. The number of hydrogen-bond donors (Lipinski definition) is 2. The van der Waals surface area contributed by atoms with E-state index in [9.17, 15) is 4.79 Å². The molecule has 0 aromatic carbocycles. The molecule has 0 heterocycles. The van der Waals surface area contributed by atoms with Crippen molar-refractivity contribution in [1.29, 1.82) is 5.41 Å². The molecule has 4 heteroatoms. The average molecular weight is 173 g/mol. The van der Waals surface area contributed by atoms with Gasteiger partial charge in [0.1, 0.15) is 0 Å². The summed E-state index contributed by atoms with van der Waals surface area (Å²) in [6, 6.07) is 0. The van der Waals surface area contributed by atoms with Gasteiger partial charge < -0.3 is 15.3 Å². The SMILES string of the molecule is CCCC(O)OC(=O)CC(C)=N. The first kappa shape index (κ1) is 11.1. The van der Waals surface area contributed by atoms with Crippen LogP contribution < -0.4 is 0 Å². The minimum absolute atomic E-state index is 0.0409. The standard InChI is InChI=1S/C8H15NO3/c1-3-4-7(10)12-8(11)5-6(2)9/h7,9-10H,3-5H2,1-2H3. The van der Waals surface area contributed by atoms with Crippen molar-refractivity contribution in [3.05, 3.63) is 0 Å². The van der Waals surface area contributed by atoms with Crippen LogP contribution in [0.5, 0.6) is 0 Å². The predicted octanol–water partition coefficient (Wildman–Crippen LogP) is 1.08. The van der Waals surface area contributed by atoms with E-state index < -0.39 is 12.3 Å². The maximum atomic E-state index is 10.8. The van der Waals surface area contributed by atoms with Gasteiger partial charge in [-0.15, -0.1) is 0 Å². The lowest BCUT2D eigenvalue weighted by Crippen LogP contribution is -2.18. The van der Waals surface area contributed by atoms with Gasteiger partial charge in [0.15, 0.2) is 0 Å². The van der Waals surface area contributed by atoms with Crippen LogP contribution in [0.3, 0.4) is 0 Å². The van der Waals surface area contributed by atoms with Crippen LogP contribution in [0.1, 0.15) is 33.1 Å². The Hall–Kier alpha value is -0.900. The second-order valence-electron chi connectivity index (χ2n) is 2.69. The molecule has 70 valence electrons. The van der Waals surface area contributed by atoms with E-state index >= 15 is 0 Å². The van der Waals surface area contributed by atoms with Crippen LogP contribution >= 0.6 is 0 Å². The first-order chi connectivity index (χ1) is 5.56. The molecular formula is C8H15NO3. The second-order valence-corrected chi connectivity index (χ2v) is 2.69. The quantitative estimate of drug-likeness (QED) is 0.371. The average Bonchev–Trinajstić information content (AvgIpc) is 1.84. The van der Waals surface area contributed by atoms with Gasteiger partial charge in [0.05, 0.1) is 6.42 Å². The van der Waals surface area contributed by atoms with Crippen molar-refractivity contribution in [2.24, 2.45) is 0 Å². The molecule has 0 aromatic heterocycles. The first-order valence-electron chi connectivity index (χ1n) is 3.97. The Morgan fingerprint density at radius 3 is 2.67 bits per heavy atom. The lowest BCUT2D eigenvalue weighted by Gasteiger charge is -2.09. The van der Waals surface area contributed by atoms with E-state index in [1.54, 1.807) is 0 Å². The molecule has 0 radical (unpaired) electrons. The first-order valence-corrected chi connectivity index (χ1v) is 3.97. The number of hydrogen-bond acceptors (Lipinski definition) is 4. The van der Waals surface area contributed by atoms with E-state index in [1.165, 1.54) is 6.92 Å². The summed E-state index contributed by atoms with van der Waals surface area (Å²) < 4.78 is 4.58. The Kier molecular flexibility index (Phi) is 5.28. The highest BCUT2D eigenvalue weighted by atomic mass is 16.6. The Labute approximate surface area is 72.0 Å². The van der Waals surface area contributed by atoms with Crippen molar-refractivity contribution >= 4 is 11.7 Å². The summed E-state index contributed by atoms with van der Waals surface area (Å²) in [6.45, 7) is 3.41. The molecule has 0 bridgehead atoms. The van der Waals surface area contributed by atoms with Gasteiger partial charge >= 0.3 is 5.97 Å². The molecule has 1 unspecified atom stereocenters. The van der Waals surface area contributed by atoms with Gasteiger partial charge in [-0.2, -0.15) is 0 Å². The smallest absolute Gasteiger partial charge is 0.313 e. The fourth-order valence-corrected chi connectivity index (χ4v) is 0.716. The summed E-state index contributed by atoms with van der Waals surface area (Å²) in [5, 5.41) is 16.0. The molecule has 0 saturated heterocycles. The zero-order valence-corrected chi connectivity index (χ0v) is 7.46. The number of carbonyl (C=O) groups excluding carboxylic acids is 1. The summed E-state index contributed by atoms with van der Waals surface area (Å²) in [4.78, 5) is 10.8. The van der Waals surface area contributed by atoms with Crippen molar-refractivity contribution < 1.29 is 14.6 Å². The third kappa shape index (κ3) is 5.85. The van der Waals surface area contributed by atoms with Crippen LogP contribution in [0.25, 0.3) is 0 Å². The largest absolute Gasteiger partial charge is 0.436 e. The zero-order chi connectivity index (χ0) is 9.56. The van der Waals surface area contributed by atoms with E-state index in [2.05, 4.69) is 4.74 Å². The van der Waals surface area contributed by atoms with E-state index in [4.69, 9.17) is 10.5 Å². The molecule has 2 N–H and O–H groups in total. The molecule has 0 spiro atoms. The molecule has 0 aliphatic rings. The number of nitrogens with one attached hydrogen (secondary N) is 1. The van der Waals surface area contributed by atoms with Crippen LogP contribution in [-0.2, 0) is 9.53 Å². The molecule has 4 nitrogen and oxygen atoms in total. The van der Waals surface area contributed by atoms with Gasteiger partial charge in [-0.1, -0.05) is 13.3 Å². The molecule has 0 amide bonds. The number of rotatable bonds is 5. The Balaban J connectivity index is 3.61. The van der Waals surface area contributed by atoms with Crippen LogP contribution in [0.15, 0.2) is 0 Å². The molecular weight excluding hydrogens is 158 g/mol. The summed E-state index contributed by atoms with van der Waals surface area (Å²) in [7, 11) is 0. The monoisotopic (exact) mass is 173 g/mol. The zero-order valence-electron chi connectivity index (χ0n) is 7.46. The Morgan fingerprint density at radius 1 is 1.67 bits per heavy atom. The minimum Gasteiger partial charge on any atom is -0.436 e. The van der Waals surface area contributed by atoms with Gasteiger partial charge in [0, 0.05) is 12.1 Å². The second kappa shape index (κ2) is 5.71. The topological polar surface area (TPSA) is 70.4 Å². The third-order valence-corrected chi connectivity index (χ3v) is 1.21. The van der Waals surface area contributed by atoms with Crippen LogP contribution in [0.2, 0.25) is 0 Å². The highest BCUT2D eigenvalue weighted by Gasteiger charge is 2.09. The van der Waals surface area contributed by atoms with Gasteiger partial charge in [-0.3, -0.25) is 4.79 Å². The maximum absolute atomic E-state index is 10.8. The maximum Gasteiger partial charge on any atom is 0.313 e. The van der Waals surface area contributed by atoms with E-state index in [0.717, 1.165) is 6.42 Å². The fraction of sp³-hybridized carbons (Fsp3) is 0.750. The molecule has 0 fully saturated rings. The number of carbonyl (C=O) groups is 1. The summed E-state index contributed by atoms with van der Waals surface area (Å²) in [6.07, 6.45) is 0.156. The summed E-state index contributed by atoms with van der Waals surface area (Å²) in [5.41, 5.74) is 0.240. The molecule has 0 aliphatic heterocycles. The Bertz CT molecular complexity index is 168. The Morgan fingerprint density at radius 2 is 2.25 bits per heavy atom. The normalized spacial score (nSPS) is 12.2. The van der Waals surface area contributed by atoms with Crippen molar-refractivity contribution in [1.82, 2.24) is 0 Å². The fourth-order valence-electron chi connectivity index (χ4n) is 0.716. The van der Waals surface area contributed by atoms with Crippen molar-refractivity contribution in [2.45, 2.75) is 39.4 Å². The van der Waals surface area contributed by atoms with Crippen molar-refractivity contribution in [2.75, 3.05) is 0 Å². The van der Waals surface area contributed by atoms with Crippen LogP contribution in [0.4, 0.5) is 0 Å². The number of aliphatic hydroxyl groups is 1. The molecule has 0 aliphatic carbocycles. The van der Waals surface area contributed by atoms with Gasteiger partial charge in [-0.05, 0) is 6.92 Å². The number of ether oxygens (including phenoxy) is 1. The minimum atomic E-state index is -1.01. The summed E-state index contributed by atoms with van der Waals surface area (Å²) >= 11 is 0. The van der Waals surface area contributed by atoms with Crippen molar-refractivity contribution in [3.63, 3.8) is 0 Å². The van der Waals surface area contributed by atoms with Crippen molar-refractivity contribution in [3.8, 4) is 0 Å². The highest BCUT2D eigenvalue weighted by Crippen LogP contribution is 2.00. The van der Waals surface area contributed by atoms with Crippen LogP contribution in [-0.4, -0.2) is 23.1 Å². The molecule has 1 atom stereocenters. The highest BCUT2D eigenvalue weighted by molar-refractivity contribution is 5.95. The van der Waals surface area contributed by atoms with Gasteiger partial charge in [0.25, 0.3) is 0 Å². The lowest BCUT2D eigenvalue weighted by molar-refractivity contribution is -0.167. The number of aliphatic hydroxyl groups excluding tert-OH is 1. The van der Waals surface area contributed by atoms with Gasteiger partial charge in [0.2, 0.25) is 6.29 Å². The van der Waals surface area contributed by atoms with E-state index in [1.807, 2.05) is 6.92 Å². The summed E-state index contributed by atoms with van der Waals surface area (Å²) in [5.74, 6) is -0.538. The van der Waals surface area contributed by atoms with E-state index in [0.29, 0.717) is 6.42 Å².